The first-order valence-electron chi connectivity index (χ1n) is 11.2. The molecule has 7 atom stereocenters. The molecule has 7 heteroatoms. The molecule has 0 saturated heterocycles. The molecule has 0 aromatic rings. The van der Waals surface area contributed by atoms with Crippen LogP contribution in [-0.4, -0.2) is 51.7 Å². The van der Waals surface area contributed by atoms with Gasteiger partial charge in [-0.05, 0) is 57.1 Å². The van der Waals surface area contributed by atoms with Crippen molar-refractivity contribution in [3.63, 3.8) is 0 Å². The number of halogens is 1. The Morgan fingerprint density at radius 1 is 1.26 bits per heavy atom. The number of hydrogen-bond acceptors (Lipinski definition) is 6. The number of carbonyl (C=O) groups excluding carboxylic acids is 3. The molecule has 2 N–H and O–H groups in total. The lowest BCUT2D eigenvalue weighted by Crippen LogP contribution is -2.69. The molecular formula is C24H31FO6. The molecular weight excluding hydrogens is 403 g/mol. The number of allylic oxidation sites excluding steroid dienone is 4. The third kappa shape index (κ3) is 2.65. The molecule has 0 spiro atoms. The summed E-state index contributed by atoms with van der Waals surface area (Å²) in [7, 11) is 0. The maximum Gasteiger partial charge on any atom is 0.306 e. The zero-order valence-corrected chi connectivity index (χ0v) is 18.3. The minimum absolute atomic E-state index is 0.0714. The summed E-state index contributed by atoms with van der Waals surface area (Å²) in [6.07, 6.45) is 4.63. The van der Waals surface area contributed by atoms with Crippen LogP contribution in [0.25, 0.3) is 0 Å². The Bertz CT molecular complexity index is 895. The Balaban J connectivity index is 1.81. The largest absolute Gasteiger partial charge is 0.450 e. The molecule has 3 fully saturated rings. The molecule has 0 aromatic heterocycles. The lowest BCUT2D eigenvalue weighted by atomic mass is 9.44. The smallest absolute Gasteiger partial charge is 0.306 e. The first-order valence-corrected chi connectivity index (χ1v) is 11.2. The number of ketones is 2. The maximum atomic E-state index is 17.0. The Morgan fingerprint density at radius 3 is 2.61 bits per heavy atom. The van der Waals surface area contributed by atoms with Crippen molar-refractivity contribution in [1.29, 1.82) is 0 Å². The minimum Gasteiger partial charge on any atom is -0.450 e. The van der Waals surface area contributed by atoms with E-state index in [1.165, 1.54) is 12.2 Å². The van der Waals surface area contributed by atoms with E-state index < -0.39 is 52.5 Å². The number of carbonyl (C=O) groups is 3. The number of Topliss-reactive ketones (excluding diaryl/α,β-unsaturated/α-hetero) is 1. The number of rotatable bonds is 4. The van der Waals surface area contributed by atoms with Crippen LogP contribution in [0.2, 0.25) is 0 Å². The summed E-state index contributed by atoms with van der Waals surface area (Å²) in [5, 5.41) is 21.0. The highest BCUT2D eigenvalue weighted by Crippen LogP contribution is 2.70. The SMILES string of the molecule is CCC(=O)O[C@]1(C(=O)CO)CC[C@H]2[C@@H]3CCC4=CC(=O)C=C[C@]4(C)[C@@]3(F)[C@@H](O)C[C@@]21C. The topological polar surface area (TPSA) is 101 Å². The fourth-order valence-corrected chi connectivity index (χ4v) is 7.28. The highest BCUT2D eigenvalue weighted by Gasteiger charge is 2.75. The van der Waals surface area contributed by atoms with E-state index in [9.17, 15) is 24.6 Å². The molecule has 3 saturated carbocycles. The van der Waals surface area contributed by atoms with E-state index in [0.29, 0.717) is 24.8 Å². The maximum absolute atomic E-state index is 17.0. The minimum atomic E-state index is -2.01. The summed E-state index contributed by atoms with van der Waals surface area (Å²) in [6.45, 7) is 4.37. The molecule has 0 radical (unpaired) electrons. The number of fused-ring (bicyclic) bond motifs is 5. The number of aliphatic hydroxyl groups is 2. The molecule has 170 valence electrons. The Labute approximate surface area is 181 Å². The Kier molecular flexibility index (Phi) is 5.10. The van der Waals surface area contributed by atoms with E-state index in [0.717, 1.165) is 0 Å². The van der Waals surface area contributed by atoms with E-state index >= 15 is 4.39 Å². The summed E-state index contributed by atoms with van der Waals surface area (Å²) in [5.41, 5.74) is -5.00. The van der Waals surface area contributed by atoms with Gasteiger partial charge < -0.3 is 14.9 Å². The summed E-state index contributed by atoms with van der Waals surface area (Å²) < 4.78 is 22.8. The van der Waals surface area contributed by atoms with E-state index in [4.69, 9.17) is 4.74 Å². The van der Waals surface area contributed by atoms with Gasteiger partial charge in [-0.15, -0.1) is 0 Å². The number of alkyl halides is 1. The molecule has 0 bridgehead atoms. The van der Waals surface area contributed by atoms with Gasteiger partial charge in [0.2, 0.25) is 5.78 Å². The predicted molar refractivity (Wildman–Crippen MR) is 110 cm³/mol. The first-order chi connectivity index (χ1) is 14.5. The van der Waals surface area contributed by atoms with Crippen LogP contribution in [-0.2, 0) is 19.1 Å². The van der Waals surface area contributed by atoms with Crippen LogP contribution in [0.5, 0.6) is 0 Å². The molecule has 0 amide bonds. The van der Waals surface area contributed by atoms with Crippen LogP contribution in [0.4, 0.5) is 4.39 Å². The summed E-state index contributed by atoms with van der Waals surface area (Å²) in [5.74, 6) is -2.21. The molecule has 0 aliphatic heterocycles. The molecule has 0 heterocycles. The van der Waals surface area contributed by atoms with Crippen LogP contribution in [0.15, 0.2) is 23.8 Å². The van der Waals surface area contributed by atoms with Crippen LogP contribution in [0.1, 0.15) is 59.3 Å². The fourth-order valence-electron chi connectivity index (χ4n) is 7.28. The second-order valence-corrected chi connectivity index (χ2v) is 10.0. The number of ether oxygens (including phenoxy) is 1. The summed E-state index contributed by atoms with van der Waals surface area (Å²) in [6, 6.07) is 0. The van der Waals surface area contributed by atoms with Gasteiger partial charge in [0.25, 0.3) is 0 Å². The van der Waals surface area contributed by atoms with Crippen molar-refractivity contribution in [3.8, 4) is 0 Å². The Morgan fingerprint density at radius 2 is 1.97 bits per heavy atom. The van der Waals surface area contributed by atoms with E-state index in [-0.39, 0.29) is 31.0 Å². The fraction of sp³-hybridized carbons (Fsp3) is 0.708. The quantitative estimate of drug-likeness (QED) is 0.660. The summed E-state index contributed by atoms with van der Waals surface area (Å²) >= 11 is 0. The summed E-state index contributed by atoms with van der Waals surface area (Å²) in [4.78, 5) is 37.1. The number of aliphatic hydroxyl groups excluding tert-OH is 2. The zero-order chi connectivity index (χ0) is 22.8. The van der Waals surface area contributed by atoms with Gasteiger partial charge in [0, 0.05) is 23.2 Å². The normalized spacial score (nSPS) is 45.9. The van der Waals surface area contributed by atoms with Crippen LogP contribution in [0, 0.1) is 22.7 Å². The van der Waals surface area contributed by atoms with Gasteiger partial charge in [0.15, 0.2) is 17.1 Å². The van der Waals surface area contributed by atoms with Crippen molar-refractivity contribution in [2.75, 3.05) is 6.61 Å². The van der Waals surface area contributed by atoms with Crippen LogP contribution in [0.3, 0.4) is 0 Å². The molecule has 4 rings (SSSR count). The molecule has 6 nitrogen and oxygen atoms in total. The van der Waals surface area contributed by atoms with Crippen LogP contribution < -0.4 is 0 Å². The van der Waals surface area contributed by atoms with Crippen molar-refractivity contribution in [2.45, 2.75) is 76.7 Å². The third-order valence-electron chi connectivity index (χ3n) is 8.93. The van der Waals surface area contributed by atoms with Crippen molar-refractivity contribution in [2.24, 2.45) is 22.7 Å². The van der Waals surface area contributed by atoms with Gasteiger partial charge in [-0.25, -0.2) is 4.39 Å². The molecule has 0 aromatic carbocycles. The lowest BCUT2D eigenvalue weighted by molar-refractivity contribution is -0.225. The van der Waals surface area contributed by atoms with Crippen molar-refractivity contribution >= 4 is 17.5 Å². The first kappa shape index (κ1) is 22.3. The van der Waals surface area contributed by atoms with Gasteiger partial charge in [0.05, 0.1) is 6.10 Å². The van der Waals surface area contributed by atoms with Crippen LogP contribution >= 0.6 is 0 Å². The van der Waals surface area contributed by atoms with Crippen molar-refractivity contribution in [3.05, 3.63) is 23.8 Å². The van der Waals surface area contributed by atoms with E-state index in [2.05, 4.69) is 0 Å². The second kappa shape index (κ2) is 7.07. The lowest BCUT2D eigenvalue weighted by Gasteiger charge is -2.62. The van der Waals surface area contributed by atoms with Gasteiger partial charge in [-0.2, -0.15) is 0 Å². The molecule has 31 heavy (non-hydrogen) atoms. The Hall–Kier alpha value is -1.86. The molecule has 0 unspecified atom stereocenters. The van der Waals surface area contributed by atoms with Gasteiger partial charge in [-0.3, -0.25) is 14.4 Å². The standard InChI is InChI=1S/C24H31FO6/c1-4-20(30)31-23(19(29)13-26)10-8-16-17-6-5-14-11-15(27)7-9-21(14,2)24(17,25)18(28)12-22(16,23)3/h7,9,11,16-18,26,28H,4-6,8,10,12-13H2,1-3H3/t16-,17-,18-,21-,22-,23-,24-/m0/s1. The molecule has 4 aliphatic rings. The van der Waals surface area contributed by atoms with E-state index in [1.807, 2.05) is 0 Å². The van der Waals surface area contributed by atoms with Crippen molar-refractivity contribution in [1.82, 2.24) is 0 Å². The monoisotopic (exact) mass is 434 g/mol. The third-order valence-corrected chi connectivity index (χ3v) is 8.93. The molecule has 4 aliphatic carbocycles. The highest BCUT2D eigenvalue weighted by atomic mass is 19.1. The van der Waals surface area contributed by atoms with Crippen molar-refractivity contribution < 1.29 is 33.7 Å². The second-order valence-electron chi connectivity index (χ2n) is 10.0. The number of esters is 1. The number of hydrogen-bond donors (Lipinski definition) is 2. The predicted octanol–water partition coefficient (Wildman–Crippen LogP) is 2.61. The van der Waals surface area contributed by atoms with E-state index in [1.54, 1.807) is 26.8 Å². The van der Waals surface area contributed by atoms with Gasteiger partial charge in [0.1, 0.15) is 6.61 Å². The average Bonchev–Trinajstić information content (AvgIpc) is 3.01. The van der Waals surface area contributed by atoms with Gasteiger partial charge >= 0.3 is 5.97 Å². The highest BCUT2D eigenvalue weighted by molar-refractivity contribution is 6.01. The van der Waals surface area contributed by atoms with Gasteiger partial charge in [-0.1, -0.05) is 25.5 Å². The zero-order valence-electron chi connectivity index (χ0n) is 18.3. The average molecular weight is 435 g/mol.